The molecular weight excluding hydrogens is 729 g/mol. The summed E-state index contributed by atoms with van der Waals surface area (Å²) in [6, 6.07) is 32.8. The minimum absolute atomic E-state index is 0.0576. The number of hydrogen-bond acceptors (Lipinski definition) is 8. The van der Waals surface area contributed by atoms with Gasteiger partial charge in [0.2, 0.25) is 11.8 Å². The van der Waals surface area contributed by atoms with E-state index in [1.54, 1.807) is 48.5 Å². The van der Waals surface area contributed by atoms with Gasteiger partial charge in [-0.3, -0.25) is 24.0 Å². The second-order valence-corrected chi connectivity index (χ2v) is 15.0. The standard InChI is InChI=1S/C45H44N2O8S/c1-54-38-10-5-7-31(22-38)24-40-42(49)27-35(45(52)53)21-29-14-18-37(19-15-29)55-28-36(48)25-34(26-39-11-6-20-56-39)43(50)47-41(44(51)46-40)23-30-12-16-33(17-13-30)32-8-3-2-4-9-32/h2-20,22,34-35,40-41H,21,23-28H2,1H3,(H,46,51)(H,47,50)(H,52,53)/t34-,35+,40-,41+/m0/s1. The number of amides is 2. The van der Waals surface area contributed by atoms with Gasteiger partial charge < -0.3 is 25.2 Å². The zero-order chi connectivity index (χ0) is 39.4. The van der Waals surface area contributed by atoms with Gasteiger partial charge in [0, 0.05) is 30.1 Å². The number of carboxylic acid groups (broad SMARTS) is 1. The zero-order valence-corrected chi connectivity index (χ0v) is 31.8. The number of thiophene rings is 1. The summed E-state index contributed by atoms with van der Waals surface area (Å²) in [6.07, 6.45) is 0.0000942. The Hall–Kier alpha value is -6.07. The second kappa shape index (κ2) is 19.0. The Bertz CT molecular complexity index is 2120. The Labute approximate surface area is 329 Å². The lowest BCUT2D eigenvalue weighted by atomic mass is 9.90. The first-order chi connectivity index (χ1) is 27.1. The van der Waals surface area contributed by atoms with Crippen LogP contribution in [-0.4, -0.2) is 60.3 Å². The molecule has 0 radical (unpaired) electrons. The molecular formula is C45H44N2O8S. The Kier molecular flexibility index (Phi) is 13.4. The molecule has 4 atom stereocenters. The number of Topliss-reactive ketones (excluding diaryl/α,β-unsaturated/α-hetero) is 2. The topological polar surface area (TPSA) is 148 Å². The number of aliphatic carboxylic acids is 1. The van der Waals surface area contributed by atoms with Crippen LogP contribution in [0.2, 0.25) is 0 Å². The van der Waals surface area contributed by atoms with E-state index < -0.39 is 47.5 Å². The third-order valence-electron chi connectivity index (χ3n) is 9.89. The molecule has 3 heterocycles. The zero-order valence-electron chi connectivity index (χ0n) is 31.0. The van der Waals surface area contributed by atoms with Crippen LogP contribution in [0, 0.1) is 11.8 Å². The highest BCUT2D eigenvalue weighted by atomic mass is 32.1. The number of nitrogens with one attached hydrogen (secondary N) is 2. The van der Waals surface area contributed by atoms with Crippen molar-refractivity contribution in [1.29, 1.82) is 0 Å². The van der Waals surface area contributed by atoms with Crippen LogP contribution < -0.4 is 20.1 Å². The lowest BCUT2D eigenvalue weighted by Gasteiger charge is -2.26. The third kappa shape index (κ3) is 11.0. The second-order valence-electron chi connectivity index (χ2n) is 14.0. The van der Waals surface area contributed by atoms with Gasteiger partial charge in [-0.15, -0.1) is 11.3 Å². The molecule has 0 spiro atoms. The summed E-state index contributed by atoms with van der Waals surface area (Å²) in [5.41, 5.74) is 4.12. The molecule has 11 heteroatoms. The van der Waals surface area contributed by atoms with Gasteiger partial charge in [0.05, 0.1) is 19.1 Å². The number of carboxylic acids is 1. The SMILES string of the molecule is COc1cccc(C[C@@H]2NC(=O)[C@@H](Cc3ccc(-c4ccccc4)cc3)NC(=O)[C@H](Cc3cccs3)CC(=O)COc3ccc(cc3)C[C@@H](C(=O)O)CC2=O)c1. The molecule has 2 amide bonds. The first kappa shape index (κ1) is 39.6. The highest BCUT2D eigenvalue weighted by Crippen LogP contribution is 2.24. The van der Waals surface area contributed by atoms with E-state index in [2.05, 4.69) is 10.6 Å². The van der Waals surface area contributed by atoms with E-state index in [-0.39, 0.29) is 50.9 Å². The van der Waals surface area contributed by atoms with E-state index in [0.717, 1.165) is 21.6 Å². The van der Waals surface area contributed by atoms with Crippen molar-refractivity contribution in [1.82, 2.24) is 10.6 Å². The maximum Gasteiger partial charge on any atom is 0.307 e. The number of benzene rings is 4. The predicted molar refractivity (Wildman–Crippen MR) is 214 cm³/mol. The summed E-state index contributed by atoms with van der Waals surface area (Å²) in [4.78, 5) is 69.5. The van der Waals surface area contributed by atoms with Crippen molar-refractivity contribution in [3.63, 3.8) is 0 Å². The smallest absolute Gasteiger partial charge is 0.307 e. The fourth-order valence-electron chi connectivity index (χ4n) is 6.82. The number of ether oxygens (including phenoxy) is 2. The van der Waals surface area contributed by atoms with Crippen molar-refractivity contribution in [2.45, 2.75) is 50.6 Å². The molecule has 4 aromatic carbocycles. The Morgan fingerprint density at radius 2 is 1.45 bits per heavy atom. The summed E-state index contributed by atoms with van der Waals surface area (Å²) < 4.78 is 11.2. The van der Waals surface area contributed by atoms with Crippen LogP contribution in [0.1, 0.15) is 34.4 Å². The molecule has 5 aromatic rings. The van der Waals surface area contributed by atoms with Crippen molar-refractivity contribution in [2.75, 3.05) is 13.7 Å². The molecule has 56 heavy (non-hydrogen) atoms. The molecule has 10 nitrogen and oxygen atoms in total. The summed E-state index contributed by atoms with van der Waals surface area (Å²) in [5.74, 6) is -3.94. The summed E-state index contributed by atoms with van der Waals surface area (Å²) in [7, 11) is 1.53. The average Bonchev–Trinajstić information content (AvgIpc) is 3.73. The lowest BCUT2D eigenvalue weighted by Crippen LogP contribution is -2.54. The molecule has 0 saturated heterocycles. The van der Waals surface area contributed by atoms with E-state index in [9.17, 15) is 29.1 Å². The van der Waals surface area contributed by atoms with Crippen molar-refractivity contribution < 1.29 is 38.6 Å². The molecule has 0 aliphatic carbocycles. The van der Waals surface area contributed by atoms with Gasteiger partial charge in [-0.2, -0.15) is 0 Å². The van der Waals surface area contributed by atoms with Crippen LogP contribution in [0.5, 0.6) is 11.5 Å². The number of carbonyl (C=O) groups is 5. The predicted octanol–water partition coefficient (Wildman–Crippen LogP) is 6.29. The number of fused-ring (bicyclic) bond motifs is 16. The van der Waals surface area contributed by atoms with Crippen LogP contribution in [0.3, 0.4) is 0 Å². The van der Waals surface area contributed by atoms with Crippen molar-refractivity contribution in [2.24, 2.45) is 11.8 Å². The van der Waals surface area contributed by atoms with Crippen molar-refractivity contribution in [3.8, 4) is 22.6 Å². The molecule has 1 aromatic heterocycles. The maximum absolute atomic E-state index is 14.4. The summed E-state index contributed by atoms with van der Waals surface area (Å²) >= 11 is 1.47. The van der Waals surface area contributed by atoms with E-state index in [4.69, 9.17) is 9.47 Å². The van der Waals surface area contributed by atoms with Gasteiger partial charge in [0.1, 0.15) is 24.1 Å². The number of rotatable bonds is 9. The molecule has 3 N–H and O–H groups in total. The minimum Gasteiger partial charge on any atom is -0.497 e. The number of methoxy groups -OCH3 is 1. The van der Waals surface area contributed by atoms with Crippen LogP contribution in [-0.2, 0) is 49.7 Å². The highest BCUT2D eigenvalue weighted by Gasteiger charge is 2.33. The van der Waals surface area contributed by atoms with E-state index >= 15 is 0 Å². The fourth-order valence-corrected chi connectivity index (χ4v) is 7.60. The van der Waals surface area contributed by atoms with Crippen LogP contribution >= 0.6 is 11.3 Å². The van der Waals surface area contributed by atoms with Gasteiger partial charge in [0.25, 0.3) is 0 Å². The quantitative estimate of drug-likeness (QED) is 0.158. The fraction of sp³-hybridized carbons (Fsp3) is 0.267. The normalized spacial score (nSPS) is 19.8. The van der Waals surface area contributed by atoms with E-state index in [0.29, 0.717) is 22.6 Å². The van der Waals surface area contributed by atoms with E-state index in [1.807, 2.05) is 72.1 Å². The molecule has 2 aliphatic rings. The first-order valence-electron chi connectivity index (χ1n) is 18.5. The molecule has 0 unspecified atom stereocenters. The van der Waals surface area contributed by atoms with Crippen LogP contribution in [0.4, 0.5) is 0 Å². The summed E-state index contributed by atoms with van der Waals surface area (Å²) in [6.45, 7) is -0.274. The van der Waals surface area contributed by atoms with Crippen molar-refractivity contribution >= 4 is 40.7 Å². The summed E-state index contributed by atoms with van der Waals surface area (Å²) in [5, 5.41) is 17.9. The molecule has 7 rings (SSSR count). The van der Waals surface area contributed by atoms with Gasteiger partial charge in [0.15, 0.2) is 11.6 Å². The minimum atomic E-state index is -1.15. The first-order valence-corrected chi connectivity index (χ1v) is 19.4. The molecule has 0 fully saturated rings. The average molecular weight is 773 g/mol. The number of carbonyl (C=O) groups excluding carboxylic acids is 4. The number of ketones is 2. The highest BCUT2D eigenvalue weighted by molar-refractivity contribution is 7.09. The molecule has 0 saturated carbocycles. The Balaban J connectivity index is 1.35. The number of hydrogen-bond donors (Lipinski definition) is 3. The van der Waals surface area contributed by atoms with Gasteiger partial charge in [-0.1, -0.05) is 84.9 Å². The Morgan fingerprint density at radius 3 is 2.14 bits per heavy atom. The molecule has 288 valence electrons. The molecule has 2 aliphatic heterocycles. The maximum atomic E-state index is 14.4. The van der Waals surface area contributed by atoms with Crippen LogP contribution in [0.15, 0.2) is 121 Å². The Morgan fingerprint density at radius 1 is 0.732 bits per heavy atom. The lowest BCUT2D eigenvalue weighted by molar-refractivity contribution is -0.144. The largest absolute Gasteiger partial charge is 0.497 e. The molecule has 2 bridgehead atoms. The monoisotopic (exact) mass is 772 g/mol. The van der Waals surface area contributed by atoms with Gasteiger partial charge >= 0.3 is 5.97 Å². The van der Waals surface area contributed by atoms with Crippen LogP contribution in [0.25, 0.3) is 11.1 Å². The van der Waals surface area contributed by atoms with Crippen molar-refractivity contribution in [3.05, 3.63) is 142 Å². The van der Waals surface area contributed by atoms with E-state index in [1.165, 1.54) is 18.4 Å². The van der Waals surface area contributed by atoms with Gasteiger partial charge in [-0.05, 0) is 82.8 Å². The van der Waals surface area contributed by atoms with Gasteiger partial charge in [-0.25, -0.2) is 0 Å². The third-order valence-corrected chi connectivity index (χ3v) is 10.8.